The Morgan fingerprint density at radius 2 is 1.81 bits per heavy atom. The van der Waals surface area contributed by atoms with E-state index < -0.39 is 29.5 Å². The topological polar surface area (TPSA) is 162 Å². The molecule has 0 saturated heterocycles. The van der Waals surface area contributed by atoms with Gasteiger partial charge in [-0.25, -0.2) is 5.90 Å². The standard InChI is InChI=1S/C6H13N3O5S2/c7-2(4(10)11)1-15-16-6(14-9)3(8)5(12)13/h2-3,6H,1,7-9H2,(H,10,11)(H,12,13)/t2-,3+,6?/m0/s1. The number of rotatable bonds is 8. The fourth-order valence-corrected chi connectivity index (χ4v) is 2.89. The van der Waals surface area contributed by atoms with Crippen LogP contribution in [0.5, 0.6) is 0 Å². The summed E-state index contributed by atoms with van der Waals surface area (Å²) < 4.78 is 0. The van der Waals surface area contributed by atoms with Gasteiger partial charge in [0.25, 0.3) is 0 Å². The molecule has 94 valence electrons. The fraction of sp³-hybridized carbons (Fsp3) is 0.667. The molecular weight excluding hydrogens is 258 g/mol. The van der Waals surface area contributed by atoms with Crippen LogP contribution < -0.4 is 17.4 Å². The van der Waals surface area contributed by atoms with Crippen molar-refractivity contribution in [2.75, 3.05) is 5.75 Å². The minimum absolute atomic E-state index is 0.0895. The summed E-state index contributed by atoms with van der Waals surface area (Å²) in [5, 5.41) is 17.1. The summed E-state index contributed by atoms with van der Waals surface area (Å²) in [6, 6.07) is -2.32. The Balaban J connectivity index is 3.97. The predicted octanol–water partition coefficient (Wildman–Crippen LogP) is -1.59. The summed E-state index contributed by atoms with van der Waals surface area (Å²) in [5.74, 6) is 2.56. The van der Waals surface area contributed by atoms with E-state index in [1.165, 1.54) is 0 Å². The summed E-state index contributed by atoms with van der Waals surface area (Å²) in [7, 11) is 1.95. The van der Waals surface area contributed by atoms with Crippen LogP contribution in [-0.2, 0) is 14.4 Å². The molecule has 8 nitrogen and oxygen atoms in total. The molecule has 0 amide bonds. The molecule has 0 fully saturated rings. The summed E-state index contributed by atoms with van der Waals surface area (Å²) in [4.78, 5) is 25.2. The quantitative estimate of drug-likeness (QED) is 0.197. The molecule has 0 aliphatic carbocycles. The van der Waals surface area contributed by atoms with Crippen LogP contribution in [0.1, 0.15) is 0 Å². The van der Waals surface area contributed by atoms with E-state index in [1.54, 1.807) is 0 Å². The first-order valence-electron chi connectivity index (χ1n) is 4.00. The molecule has 0 radical (unpaired) electrons. The van der Waals surface area contributed by atoms with E-state index in [0.29, 0.717) is 0 Å². The lowest BCUT2D eigenvalue weighted by Crippen LogP contribution is -2.42. The van der Waals surface area contributed by atoms with E-state index in [2.05, 4.69) is 4.84 Å². The lowest BCUT2D eigenvalue weighted by Gasteiger charge is -2.17. The molecule has 0 aromatic carbocycles. The Bertz CT molecular complexity index is 254. The van der Waals surface area contributed by atoms with Crippen molar-refractivity contribution in [2.45, 2.75) is 17.5 Å². The van der Waals surface area contributed by atoms with Crippen molar-refractivity contribution in [3.05, 3.63) is 0 Å². The lowest BCUT2D eigenvalue weighted by molar-refractivity contribution is -0.141. The van der Waals surface area contributed by atoms with Gasteiger partial charge in [-0.3, -0.25) is 14.4 Å². The average Bonchev–Trinajstić information content (AvgIpc) is 2.22. The van der Waals surface area contributed by atoms with Crippen molar-refractivity contribution >= 4 is 33.5 Å². The van der Waals surface area contributed by atoms with Gasteiger partial charge in [0, 0.05) is 5.75 Å². The third-order valence-electron chi connectivity index (χ3n) is 1.44. The molecule has 0 aliphatic rings. The first-order chi connectivity index (χ1) is 7.40. The second kappa shape index (κ2) is 7.70. The summed E-state index contributed by atoms with van der Waals surface area (Å²) in [6.45, 7) is 0. The van der Waals surface area contributed by atoms with Crippen LogP contribution in [0.15, 0.2) is 0 Å². The summed E-state index contributed by atoms with van der Waals surface area (Å²) in [5.41, 5.74) is 9.52. The third-order valence-corrected chi connectivity index (χ3v) is 4.05. The number of carboxylic acids is 2. The van der Waals surface area contributed by atoms with Crippen molar-refractivity contribution in [1.82, 2.24) is 0 Å². The number of aliphatic carboxylic acids is 2. The monoisotopic (exact) mass is 271 g/mol. The van der Waals surface area contributed by atoms with E-state index in [9.17, 15) is 9.59 Å². The van der Waals surface area contributed by atoms with Crippen LogP contribution in [-0.4, -0.2) is 45.4 Å². The highest BCUT2D eigenvalue weighted by Gasteiger charge is 2.26. The average molecular weight is 271 g/mol. The Morgan fingerprint density at radius 1 is 1.25 bits per heavy atom. The zero-order chi connectivity index (χ0) is 12.7. The molecule has 10 heteroatoms. The zero-order valence-corrected chi connectivity index (χ0v) is 9.74. The highest BCUT2D eigenvalue weighted by molar-refractivity contribution is 8.76. The van der Waals surface area contributed by atoms with E-state index in [4.69, 9.17) is 27.6 Å². The van der Waals surface area contributed by atoms with Gasteiger partial charge in [0.1, 0.15) is 12.1 Å². The van der Waals surface area contributed by atoms with Gasteiger partial charge in [-0.2, -0.15) is 0 Å². The first kappa shape index (κ1) is 15.5. The molecule has 1 unspecified atom stereocenters. The third kappa shape index (κ3) is 5.53. The molecular formula is C6H13N3O5S2. The second-order valence-electron chi connectivity index (χ2n) is 2.69. The second-order valence-corrected chi connectivity index (χ2v) is 5.20. The van der Waals surface area contributed by atoms with Gasteiger partial charge in [0.2, 0.25) is 0 Å². The Kier molecular flexibility index (Phi) is 7.45. The van der Waals surface area contributed by atoms with Gasteiger partial charge in [-0.05, 0) is 0 Å². The minimum Gasteiger partial charge on any atom is -0.480 e. The predicted molar refractivity (Wildman–Crippen MR) is 60.3 cm³/mol. The van der Waals surface area contributed by atoms with Gasteiger partial charge in [-0.15, -0.1) is 0 Å². The van der Waals surface area contributed by atoms with Gasteiger partial charge in [0.05, 0.1) is 0 Å². The van der Waals surface area contributed by atoms with Crippen LogP contribution in [0.3, 0.4) is 0 Å². The molecule has 0 rings (SSSR count). The van der Waals surface area contributed by atoms with Crippen LogP contribution in [0.25, 0.3) is 0 Å². The Hall–Kier alpha value is -0.520. The van der Waals surface area contributed by atoms with Gasteiger partial charge < -0.3 is 21.7 Å². The van der Waals surface area contributed by atoms with E-state index in [1.807, 2.05) is 0 Å². The highest BCUT2D eigenvalue weighted by Crippen LogP contribution is 2.28. The van der Waals surface area contributed by atoms with Crippen LogP contribution in [0.4, 0.5) is 0 Å². The van der Waals surface area contributed by atoms with Gasteiger partial charge in [-0.1, -0.05) is 21.6 Å². The highest BCUT2D eigenvalue weighted by atomic mass is 33.1. The maximum atomic E-state index is 10.5. The summed E-state index contributed by atoms with van der Waals surface area (Å²) in [6.07, 6.45) is 0. The summed E-state index contributed by atoms with van der Waals surface area (Å²) >= 11 is 0. The van der Waals surface area contributed by atoms with E-state index in [0.717, 1.165) is 21.6 Å². The normalized spacial score (nSPS) is 16.4. The molecule has 0 heterocycles. The maximum absolute atomic E-state index is 10.5. The molecule has 3 atom stereocenters. The largest absolute Gasteiger partial charge is 0.480 e. The number of hydrogen-bond acceptors (Lipinski definition) is 8. The number of carboxylic acid groups (broad SMARTS) is 2. The van der Waals surface area contributed by atoms with Gasteiger partial charge in [0.15, 0.2) is 5.44 Å². The number of hydrogen-bond donors (Lipinski definition) is 5. The molecule has 0 spiro atoms. The van der Waals surface area contributed by atoms with Crippen LogP contribution >= 0.6 is 21.6 Å². The molecule has 0 bridgehead atoms. The Labute approximate surface area is 99.2 Å². The Morgan fingerprint density at radius 3 is 2.19 bits per heavy atom. The maximum Gasteiger partial charge on any atom is 0.324 e. The van der Waals surface area contributed by atoms with Crippen molar-refractivity contribution in [2.24, 2.45) is 17.4 Å². The van der Waals surface area contributed by atoms with Crippen LogP contribution in [0.2, 0.25) is 0 Å². The van der Waals surface area contributed by atoms with E-state index in [-0.39, 0.29) is 5.75 Å². The molecule has 0 aromatic rings. The van der Waals surface area contributed by atoms with Crippen molar-refractivity contribution in [3.8, 4) is 0 Å². The first-order valence-corrected chi connectivity index (χ1v) is 6.39. The SMILES string of the molecule is NOC(SSC[C@H](N)C(=O)O)[C@H](N)C(=O)O. The van der Waals surface area contributed by atoms with Crippen molar-refractivity contribution < 1.29 is 24.6 Å². The lowest BCUT2D eigenvalue weighted by atomic mass is 10.3. The minimum atomic E-state index is -1.29. The molecule has 0 saturated carbocycles. The zero-order valence-electron chi connectivity index (χ0n) is 8.11. The van der Waals surface area contributed by atoms with Crippen molar-refractivity contribution in [1.29, 1.82) is 0 Å². The molecule has 8 N–H and O–H groups in total. The number of carbonyl (C=O) groups is 2. The van der Waals surface area contributed by atoms with Crippen molar-refractivity contribution in [3.63, 3.8) is 0 Å². The van der Waals surface area contributed by atoms with Crippen LogP contribution in [0, 0.1) is 0 Å². The fourth-order valence-electron chi connectivity index (χ4n) is 0.535. The van der Waals surface area contributed by atoms with E-state index >= 15 is 0 Å². The van der Waals surface area contributed by atoms with Gasteiger partial charge >= 0.3 is 11.9 Å². The smallest absolute Gasteiger partial charge is 0.324 e. The molecule has 0 aromatic heterocycles. The number of nitrogens with two attached hydrogens (primary N) is 3. The molecule has 0 aliphatic heterocycles. The molecule has 16 heavy (non-hydrogen) atoms.